The van der Waals surface area contributed by atoms with Gasteiger partial charge in [-0.3, -0.25) is 14.4 Å². The van der Waals surface area contributed by atoms with Crippen molar-refractivity contribution in [3.05, 3.63) is 158 Å². The molecule has 0 bridgehead atoms. The van der Waals surface area contributed by atoms with Crippen LogP contribution in [-0.2, 0) is 28.6 Å². The van der Waals surface area contributed by atoms with Crippen molar-refractivity contribution in [3.63, 3.8) is 0 Å². The highest BCUT2D eigenvalue weighted by atomic mass is 16.6. The van der Waals surface area contributed by atoms with Gasteiger partial charge in [-0.05, 0) is 109 Å². The Morgan fingerprint density at radius 1 is 0.328 bits per heavy atom. The van der Waals surface area contributed by atoms with Gasteiger partial charge in [-0.25, -0.2) is 0 Å². The number of ether oxygens (including phenoxy) is 3. The maximum atomic E-state index is 12.8. The molecule has 0 N–H and O–H groups in total. The first kappa shape index (κ1) is 62.0. The fourth-order valence-corrected chi connectivity index (χ4v) is 6.28. The van der Waals surface area contributed by atoms with E-state index in [-0.39, 0.29) is 44.4 Å². The smallest absolute Gasteiger partial charge is 0.306 e. The monoisotopic (exact) mass is 921 g/mol. The minimum atomic E-state index is -0.855. The molecular weight excluding hydrogens is 829 g/mol. The third-order valence-electron chi connectivity index (χ3n) is 10.1. The van der Waals surface area contributed by atoms with Crippen LogP contribution >= 0.6 is 0 Å². The molecular formula is C61H92O6. The lowest BCUT2D eigenvalue weighted by molar-refractivity contribution is -0.167. The van der Waals surface area contributed by atoms with Crippen molar-refractivity contribution in [3.8, 4) is 0 Å². The summed E-state index contributed by atoms with van der Waals surface area (Å²) in [6.45, 7) is 6.21. The maximum Gasteiger partial charge on any atom is 0.306 e. The number of unbranched alkanes of at least 4 members (excludes halogenated alkanes) is 11. The van der Waals surface area contributed by atoms with E-state index in [2.05, 4.69) is 124 Å². The van der Waals surface area contributed by atoms with Gasteiger partial charge in [0, 0.05) is 19.3 Å². The largest absolute Gasteiger partial charge is 0.462 e. The molecule has 1 unspecified atom stereocenters. The van der Waals surface area contributed by atoms with Crippen molar-refractivity contribution in [1.29, 1.82) is 0 Å². The number of rotatable bonds is 44. The number of carbonyl (C=O) groups is 3. The summed E-state index contributed by atoms with van der Waals surface area (Å²) in [4.78, 5) is 38.0. The summed E-state index contributed by atoms with van der Waals surface area (Å²) in [7, 11) is 0. The van der Waals surface area contributed by atoms with Crippen molar-refractivity contribution in [1.82, 2.24) is 0 Å². The quantitative estimate of drug-likeness (QED) is 0.0199. The Balaban J connectivity index is 4.64. The van der Waals surface area contributed by atoms with E-state index >= 15 is 0 Å². The van der Waals surface area contributed by atoms with Gasteiger partial charge in [0.1, 0.15) is 13.2 Å². The van der Waals surface area contributed by atoms with Crippen LogP contribution in [0.2, 0.25) is 0 Å². The van der Waals surface area contributed by atoms with E-state index < -0.39 is 12.1 Å². The average molecular weight is 921 g/mol. The highest BCUT2D eigenvalue weighted by Crippen LogP contribution is 2.10. The number of hydrogen-bond acceptors (Lipinski definition) is 6. The molecule has 0 aliphatic carbocycles. The number of carbonyl (C=O) groups excluding carboxylic acids is 3. The molecule has 0 saturated heterocycles. The molecule has 0 aromatic carbocycles. The van der Waals surface area contributed by atoms with E-state index in [4.69, 9.17) is 14.2 Å². The molecule has 0 amide bonds. The fourth-order valence-electron chi connectivity index (χ4n) is 6.28. The van der Waals surface area contributed by atoms with Gasteiger partial charge < -0.3 is 14.2 Å². The van der Waals surface area contributed by atoms with Crippen LogP contribution < -0.4 is 0 Å². The Morgan fingerprint density at radius 3 is 1.15 bits per heavy atom. The van der Waals surface area contributed by atoms with Crippen molar-refractivity contribution < 1.29 is 28.6 Å². The lowest BCUT2D eigenvalue weighted by atomic mass is 10.1. The minimum Gasteiger partial charge on any atom is -0.462 e. The molecule has 0 aliphatic heterocycles. The zero-order valence-electron chi connectivity index (χ0n) is 42.3. The van der Waals surface area contributed by atoms with Gasteiger partial charge in [-0.1, -0.05) is 217 Å². The van der Waals surface area contributed by atoms with Crippen molar-refractivity contribution in [2.45, 2.75) is 194 Å². The van der Waals surface area contributed by atoms with E-state index in [1.165, 1.54) is 44.9 Å². The molecule has 0 saturated carbocycles. The van der Waals surface area contributed by atoms with E-state index in [1.807, 2.05) is 54.7 Å². The van der Waals surface area contributed by atoms with Crippen LogP contribution in [0.4, 0.5) is 0 Å². The highest BCUT2D eigenvalue weighted by molar-refractivity contribution is 5.71. The second kappa shape index (κ2) is 53.6. The molecule has 0 radical (unpaired) electrons. The van der Waals surface area contributed by atoms with Crippen molar-refractivity contribution >= 4 is 17.9 Å². The maximum absolute atomic E-state index is 12.8. The Hall–Kier alpha value is -4.97. The van der Waals surface area contributed by atoms with Crippen LogP contribution in [0.3, 0.4) is 0 Å². The SMILES string of the molecule is CC\C=C/C=C\C=C/C=C\C=C/CCCC(=O)OCC(COC(=O)CCCCC/C=C\C/C=C\C/C=C\C/C=C\C/C=C\CC)OC(=O)CCC/C=C\C/C=C\C/C=C\CCCCCCCC. The normalized spacial score (nSPS) is 13.4. The first-order valence-corrected chi connectivity index (χ1v) is 26.1. The number of allylic oxidation sites excluding steroid dienone is 26. The van der Waals surface area contributed by atoms with Crippen LogP contribution in [0.15, 0.2) is 158 Å². The summed E-state index contributed by atoms with van der Waals surface area (Å²) in [5.41, 5.74) is 0. The molecule has 6 nitrogen and oxygen atoms in total. The average Bonchev–Trinajstić information content (AvgIpc) is 3.33. The molecule has 0 heterocycles. The predicted molar refractivity (Wildman–Crippen MR) is 288 cm³/mol. The zero-order chi connectivity index (χ0) is 48.6. The molecule has 6 heteroatoms. The topological polar surface area (TPSA) is 78.9 Å². The van der Waals surface area contributed by atoms with E-state index in [9.17, 15) is 14.4 Å². The van der Waals surface area contributed by atoms with Crippen LogP contribution in [0.5, 0.6) is 0 Å². The molecule has 0 aromatic heterocycles. The van der Waals surface area contributed by atoms with Gasteiger partial charge in [-0.15, -0.1) is 0 Å². The summed E-state index contributed by atoms with van der Waals surface area (Å²) < 4.78 is 16.6. The predicted octanol–water partition coefficient (Wildman–Crippen LogP) is 17.4. The summed E-state index contributed by atoms with van der Waals surface area (Å²) in [5.74, 6) is -1.12. The third-order valence-corrected chi connectivity index (χ3v) is 10.1. The first-order chi connectivity index (χ1) is 33.0. The fraction of sp³-hybridized carbons (Fsp3) is 0.525. The Labute approximate surface area is 409 Å². The molecule has 1 atom stereocenters. The molecule has 0 fully saturated rings. The van der Waals surface area contributed by atoms with Gasteiger partial charge in [0.25, 0.3) is 0 Å². The van der Waals surface area contributed by atoms with Gasteiger partial charge in [0.2, 0.25) is 0 Å². The van der Waals surface area contributed by atoms with Gasteiger partial charge in [-0.2, -0.15) is 0 Å². The van der Waals surface area contributed by atoms with E-state index in [0.717, 1.165) is 89.9 Å². The van der Waals surface area contributed by atoms with Gasteiger partial charge in [0.05, 0.1) is 0 Å². The van der Waals surface area contributed by atoms with Crippen LogP contribution in [-0.4, -0.2) is 37.2 Å². The molecule has 67 heavy (non-hydrogen) atoms. The van der Waals surface area contributed by atoms with Crippen LogP contribution in [0, 0.1) is 0 Å². The van der Waals surface area contributed by atoms with Gasteiger partial charge >= 0.3 is 17.9 Å². The van der Waals surface area contributed by atoms with Crippen molar-refractivity contribution in [2.75, 3.05) is 13.2 Å². The van der Waals surface area contributed by atoms with Gasteiger partial charge in [0.15, 0.2) is 6.10 Å². The lowest BCUT2D eigenvalue weighted by Crippen LogP contribution is -2.30. The molecule has 0 aromatic rings. The summed E-state index contributed by atoms with van der Waals surface area (Å²) in [5, 5.41) is 0. The number of hydrogen-bond donors (Lipinski definition) is 0. The zero-order valence-corrected chi connectivity index (χ0v) is 42.3. The molecule has 0 spiro atoms. The van der Waals surface area contributed by atoms with Crippen LogP contribution in [0.25, 0.3) is 0 Å². The van der Waals surface area contributed by atoms with E-state index in [1.54, 1.807) is 0 Å². The summed E-state index contributed by atoms with van der Waals surface area (Å²) >= 11 is 0. The first-order valence-electron chi connectivity index (χ1n) is 26.1. The Morgan fingerprint density at radius 2 is 0.672 bits per heavy atom. The minimum absolute atomic E-state index is 0.146. The molecule has 372 valence electrons. The van der Waals surface area contributed by atoms with Crippen molar-refractivity contribution in [2.24, 2.45) is 0 Å². The highest BCUT2D eigenvalue weighted by Gasteiger charge is 2.19. The standard InChI is InChI=1S/C61H92O6/c1-4-7-10-13-16-19-22-25-27-29-30-32-33-36-39-42-45-48-51-54-60(63)66-57-58(56-65-59(62)53-50-47-44-41-38-35-24-21-18-15-12-9-6-3)67-61(64)55-52-49-46-43-40-37-34-31-28-26-23-20-17-14-11-8-5-2/h7,9-10,12,15-16,18-19,21,24-28,30,32,34-39,41,43-44,46,58H,4-6,8,11,13-14,17,20,22-23,29,31,33,40,42,45,47-57H2,1-3H3/b10-7-,12-9-,18-15-,19-16-,24-21-,27-25-,28-26-,32-30-,37-34-,38-35-,39-36-,44-41-,46-43-. The Kier molecular flexibility index (Phi) is 49.7. The van der Waals surface area contributed by atoms with E-state index in [0.29, 0.717) is 12.8 Å². The second-order valence-corrected chi connectivity index (χ2v) is 16.4. The van der Waals surface area contributed by atoms with Crippen LogP contribution in [0.1, 0.15) is 188 Å². The summed E-state index contributed by atoms with van der Waals surface area (Å²) in [6, 6.07) is 0. The number of esters is 3. The summed E-state index contributed by atoms with van der Waals surface area (Å²) in [6.07, 6.45) is 78.1. The Bertz CT molecular complexity index is 1570. The second-order valence-electron chi connectivity index (χ2n) is 16.4. The molecule has 0 rings (SSSR count). The lowest BCUT2D eigenvalue weighted by Gasteiger charge is -2.18. The molecule has 0 aliphatic rings. The third kappa shape index (κ3) is 51.9.